The third-order valence-corrected chi connectivity index (χ3v) is 5.40. The van der Waals surface area contributed by atoms with E-state index < -0.39 is 11.4 Å². The number of H-pyrrole nitrogens is 1. The summed E-state index contributed by atoms with van der Waals surface area (Å²) in [5, 5.41) is 29.8. The Labute approximate surface area is 153 Å². The number of nitrogens with one attached hydrogen (secondary N) is 1. The van der Waals surface area contributed by atoms with Gasteiger partial charge in [0, 0.05) is 0 Å². The van der Waals surface area contributed by atoms with Crippen LogP contribution in [0.2, 0.25) is 0 Å². The van der Waals surface area contributed by atoms with Crippen molar-refractivity contribution in [2.45, 2.75) is 18.8 Å². The van der Waals surface area contributed by atoms with Crippen molar-refractivity contribution >= 4 is 22.9 Å². The summed E-state index contributed by atoms with van der Waals surface area (Å²) >= 11 is 1.43. The molecule has 0 saturated carbocycles. The fourth-order valence-electron chi connectivity index (χ4n) is 3.09. The van der Waals surface area contributed by atoms with E-state index in [2.05, 4.69) is 31.7 Å². The Kier molecular flexibility index (Phi) is 3.96. The van der Waals surface area contributed by atoms with Crippen molar-refractivity contribution in [3.05, 3.63) is 75.5 Å². The molecule has 2 aromatic heterocycles. The standard InChI is InChI=1S/C18H15N5O2S/c1-11-19-22-17(26-11)18(15-14(16(24)25)20-23-21-15)9-7-13(8-10-18)12-5-3-2-4-6-12/h2-9H,10H2,1H3,(H,24,25)(H,20,21,23). The van der Waals surface area contributed by atoms with E-state index in [0.29, 0.717) is 17.1 Å². The first-order chi connectivity index (χ1) is 12.6. The molecule has 1 atom stereocenters. The van der Waals surface area contributed by atoms with Gasteiger partial charge in [0.25, 0.3) is 0 Å². The van der Waals surface area contributed by atoms with Crippen LogP contribution in [-0.2, 0) is 5.41 Å². The minimum atomic E-state index is -1.12. The topological polar surface area (TPSA) is 105 Å². The van der Waals surface area contributed by atoms with Crippen LogP contribution in [0.4, 0.5) is 0 Å². The summed E-state index contributed by atoms with van der Waals surface area (Å²) < 4.78 is 0. The normalized spacial score (nSPS) is 19.3. The number of aromatic amines is 1. The lowest BCUT2D eigenvalue weighted by Crippen LogP contribution is -2.29. The van der Waals surface area contributed by atoms with Crippen molar-refractivity contribution in [3.63, 3.8) is 0 Å². The molecule has 2 heterocycles. The zero-order chi connectivity index (χ0) is 18.1. The number of rotatable bonds is 4. The summed E-state index contributed by atoms with van der Waals surface area (Å²) in [6, 6.07) is 10.0. The highest BCUT2D eigenvalue weighted by atomic mass is 32.1. The third kappa shape index (κ3) is 2.64. The van der Waals surface area contributed by atoms with Crippen LogP contribution < -0.4 is 0 Å². The molecule has 2 N–H and O–H groups in total. The minimum absolute atomic E-state index is 0.0981. The number of aryl methyl sites for hydroxylation is 1. The summed E-state index contributed by atoms with van der Waals surface area (Å²) in [5.41, 5.74) is 1.62. The average Bonchev–Trinajstić information content (AvgIpc) is 3.32. The maximum Gasteiger partial charge on any atom is 0.358 e. The molecule has 1 aliphatic carbocycles. The second-order valence-electron chi connectivity index (χ2n) is 5.99. The lowest BCUT2D eigenvalue weighted by Gasteiger charge is -2.28. The van der Waals surface area contributed by atoms with Crippen LogP contribution in [0.1, 0.15) is 38.2 Å². The van der Waals surface area contributed by atoms with E-state index in [9.17, 15) is 9.90 Å². The zero-order valence-electron chi connectivity index (χ0n) is 13.9. The van der Waals surface area contributed by atoms with Crippen LogP contribution in [-0.4, -0.2) is 36.7 Å². The summed E-state index contributed by atoms with van der Waals surface area (Å²) in [6.45, 7) is 1.87. The van der Waals surface area contributed by atoms with Crippen LogP contribution in [0.3, 0.4) is 0 Å². The van der Waals surface area contributed by atoms with Gasteiger partial charge in [-0.3, -0.25) is 0 Å². The first kappa shape index (κ1) is 16.3. The van der Waals surface area contributed by atoms with E-state index in [0.717, 1.165) is 16.1 Å². The van der Waals surface area contributed by atoms with E-state index in [1.165, 1.54) is 11.3 Å². The molecule has 8 heteroatoms. The van der Waals surface area contributed by atoms with Gasteiger partial charge in [0.1, 0.15) is 15.7 Å². The quantitative estimate of drug-likeness (QED) is 0.736. The average molecular weight is 365 g/mol. The summed E-state index contributed by atoms with van der Waals surface area (Å²) in [6.07, 6.45) is 6.54. The van der Waals surface area contributed by atoms with Crippen LogP contribution >= 0.6 is 11.3 Å². The molecule has 0 amide bonds. The molecule has 0 saturated heterocycles. The highest BCUT2D eigenvalue weighted by molar-refractivity contribution is 7.11. The molecule has 0 aliphatic heterocycles. The molecule has 130 valence electrons. The Morgan fingerprint density at radius 1 is 1.23 bits per heavy atom. The number of carbonyl (C=O) groups is 1. The van der Waals surface area contributed by atoms with Gasteiger partial charge >= 0.3 is 5.97 Å². The molecule has 7 nitrogen and oxygen atoms in total. The van der Waals surface area contributed by atoms with E-state index >= 15 is 0 Å². The fourth-order valence-corrected chi connectivity index (χ4v) is 3.96. The Hall–Kier alpha value is -3.13. The lowest BCUT2D eigenvalue weighted by molar-refractivity contribution is 0.0688. The van der Waals surface area contributed by atoms with Gasteiger partial charge in [-0.1, -0.05) is 48.6 Å². The molecule has 0 bridgehead atoms. The first-order valence-corrected chi connectivity index (χ1v) is 8.82. The molecular formula is C18H15N5O2S. The molecule has 4 rings (SSSR count). The fraction of sp³-hybridized carbons (Fsp3) is 0.167. The molecule has 0 fully saturated rings. The number of aromatic carboxylic acids is 1. The Morgan fingerprint density at radius 3 is 2.65 bits per heavy atom. The predicted molar refractivity (Wildman–Crippen MR) is 96.9 cm³/mol. The molecule has 0 spiro atoms. The Morgan fingerprint density at radius 2 is 2.04 bits per heavy atom. The molecular weight excluding hydrogens is 350 g/mol. The highest BCUT2D eigenvalue weighted by Crippen LogP contribution is 2.43. The molecule has 3 aromatic rings. The Bertz CT molecular complexity index is 1020. The van der Waals surface area contributed by atoms with Crippen molar-refractivity contribution in [1.82, 2.24) is 25.6 Å². The van der Waals surface area contributed by atoms with Gasteiger partial charge in [-0.05, 0) is 24.5 Å². The third-order valence-electron chi connectivity index (χ3n) is 4.38. The van der Waals surface area contributed by atoms with Crippen LogP contribution in [0.5, 0.6) is 0 Å². The van der Waals surface area contributed by atoms with Crippen molar-refractivity contribution < 1.29 is 9.90 Å². The van der Waals surface area contributed by atoms with Gasteiger partial charge in [0.05, 0.1) is 5.41 Å². The highest BCUT2D eigenvalue weighted by Gasteiger charge is 2.42. The maximum absolute atomic E-state index is 11.6. The van der Waals surface area contributed by atoms with Crippen LogP contribution in [0, 0.1) is 6.92 Å². The molecule has 1 unspecified atom stereocenters. The van der Waals surface area contributed by atoms with Crippen molar-refractivity contribution in [3.8, 4) is 0 Å². The number of hydrogen-bond donors (Lipinski definition) is 2. The smallest absolute Gasteiger partial charge is 0.358 e. The number of carboxylic acids is 1. The minimum Gasteiger partial charge on any atom is -0.476 e. The van der Waals surface area contributed by atoms with Crippen LogP contribution in [0.15, 0.2) is 48.6 Å². The second kappa shape index (κ2) is 6.30. The first-order valence-electron chi connectivity index (χ1n) is 8.00. The Balaban J connectivity index is 1.82. The van der Waals surface area contributed by atoms with E-state index in [4.69, 9.17) is 0 Å². The summed E-state index contributed by atoms with van der Waals surface area (Å²) in [5.74, 6) is -1.12. The van der Waals surface area contributed by atoms with E-state index in [1.54, 1.807) is 0 Å². The number of benzene rings is 1. The molecule has 1 aliphatic rings. The number of carboxylic acid groups (broad SMARTS) is 1. The second-order valence-corrected chi connectivity index (χ2v) is 7.17. The van der Waals surface area contributed by atoms with Gasteiger partial charge in [-0.25, -0.2) is 4.79 Å². The van der Waals surface area contributed by atoms with Gasteiger partial charge in [0.2, 0.25) is 0 Å². The van der Waals surface area contributed by atoms with Crippen molar-refractivity contribution in [2.24, 2.45) is 0 Å². The van der Waals surface area contributed by atoms with E-state index in [-0.39, 0.29) is 5.69 Å². The van der Waals surface area contributed by atoms with Crippen LogP contribution in [0.25, 0.3) is 5.57 Å². The monoisotopic (exact) mass is 365 g/mol. The van der Waals surface area contributed by atoms with Gasteiger partial charge in [-0.15, -0.1) is 26.6 Å². The SMILES string of the molecule is Cc1nnc(C2(c3n[nH]nc3C(=O)O)C=CC(c3ccccc3)=CC2)s1. The number of nitrogens with zero attached hydrogens (tertiary/aromatic N) is 4. The summed E-state index contributed by atoms with van der Waals surface area (Å²) in [7, 11) is 0. The van der Waals surface area contributed by atoms with Gasteiger partial charge in [0.15, 0.2) is 5.69 Å². The predicted octanol–water partition coefficient (Wildman–Crippen LogP) is 2.99. The van der Waals surface area contributed by atoms with Crippen molar-refractivity contribution in [1.29, 1.82) is 0 Å². The molecule has 0 radical (unpaired) electrons. The maximum atomic E-state index is 11.6. The molecule has 1 aromatic carbocycles. The van der Waals surface area contributed by atoms with Gasteiger partial charge < -0.3 is 5.11 Å². The summed E-state index contributed by atoms with van der Waals surface area (Å²) in [4.78, 5) is 11.6. The largest absolute Gasteiger partial charge is 0.476 e. The number of hydrogen-bond acceptors (Lipinski definition) is 6. The van der Waals surface area contributed by atoms with Crippen molar-refractivity contribution in [2.75, 3.05) is 0 Å². The number of aromatic nitrogens is 5. The number of allylic oxidation sites excluding steroid dienone is 4. The molecule has 26 heavy (non-hydrogen) atoms. The van der Waals surface area contributed by atoms with Gasteiger partial charge in [-0.2, -0.15) is 10.3 Å². The lowest BCUT2D eigenvalue weighted by atomic mass is 9.76. The zero-order valence-corrected chi connectivity index (χ0v) is 14.7. The van der Waals surface area contributed by atoms with E-state index in [1.807, 2.05) is 49.4 Å².